The Morgan fingerprint density at radius 2 is 2.24 bits per heavy atom. The Morgan fingerprint density at radius 3 is 2.88 bits per heavy atom. The fourth-order valence-electron chi connectivity index (χ4n) is 1.80. The zero-order chi connectivity index (χ0) is 12.4. The number of nitrogens with one attached hydrogen (secondary N) is 1. The highest BCUT2D eigenvalue weighted by molar-refractivity contribution is 5.83. The molecule has 90 valence electrons. The molecule has 1 aliphatic heterocycles. The number of carboxylic acid groups (broad SMARTS) is 1. The lowest BCUT2D eigenvalue weighted by atomic mass is 10.1. The summed E-state index contributed by atoms with van der Waals surface area (Å²) in [5.74, 6) is -1.87. The predicted molar refractivity (Wildman–Crippen MR) is 56.2 cm³/mol. The zero-order valence-corrected chi connectivity index (χ0v) is 8.89. The number of carbonyl (C=O) groups is 2. The Kier molecular flexibility index (Phi) is 3.06. The molecule has 1 aromatic rings. The first kappa shape index (κ1) is 11.5. The summed E-state index contributed by atoms with van der Waals surface area (Å²) in [5.41, 5.74) is 3.06. The minimum atomic E-state index is -1.11. The maximum absolute atomic E-state index is 13.5. The molecule has 17 heavy (non-hydrogen) atoms. The van der Waals surface area contributed by atoms with Crippen molar-refractivity contribution in [2.75, 3.05) is 6.54 Å². The molecule has 2 N–H and O–H groups in total. The highest BCUT2D eigenvalue weighted by Crippen LogP contribution is 2.25. The highest BCUT2D eigenvalue weighted by atomic mass is 19.1. The predicted octanol–water partition coefficient (Wildman–Crippen LogP) is 0.688. The molecule has 0 aliphatic carbocycles. The maximum atomic E-state index is 13.5. The van der Waals surface area contributed by atoms with Gasteiger partial charge >= 0.3 is 5.97 Å². The van der Waals surface area contributed by atoms with Crippen molar-refractivity contribution in [3.63, 3.8) is 0 Å². The Balaban J connectivity index is 2.14. The van der Waals surface area contributed by atoms with Crippen LogP contribution in [0.3, 0.4) is 0 Å². The van der Waals surface area contributed by atoms with Crippen molar-refractivity contribution in [3.8, 4) is 0 Å². The third-order valence-corrected chi connectivity index (χ3v) is 2.57. The summed E-state index contributed by atoms with van der Waals surface area (Å²) in [6.07, 6.45) is 0.0637. The van der Waals surface area contributed by atoms with Gasteiger partial charge in [0.1, 0.15) is 12.4 Å². The largest absolute Gasteiger partial charge is 0.480 e. The second-order valence-electron chi connectivity index (χ2n) is 3.78. The van der Waals surface area contributed by atoms with Crippen molar-refractivity contribution in [1.29, 1.82) is 0 Å². The Bertz CT molecular complexity index is 464. The molecule has 1 atom stereocenters. The van der Waals surface area contributed by atoms with Crippen LogP contribution in [0.15, 0.2) is 24.3 Å². The number of halogens is 1. The lowest BCUT2D eigenvalue weighted by Gasteiger charge is -2.16. The summed E-state index contributed by atoms with van der Waals surface area (Å²) in [5, 5.41) is 9.59. The number of hydrogen-bond acceptors (Lipinski definition) is 3. The Morgan fingerprint density at radius 1 is 1.53 bits per heavy atom. The second-order valence-corrected chi connectivity index (χ2v) is 3.78. The van der Waals surface area contributed by atoms with Gasteiger partial charge in [-0.05, 0) is 6.07 Å². The summed E-state index contributed by atoms with van der Waals surface area (Å²) in [6, 6.07) is 5.61. The molecule has 0 radical (unpaired) electrons. The first-order chi connectivity index (χ1) is 8.08. The third-order valence-electron chi connectivity index (χ3n) is 2.57. The van der Waals surface area contributed by atoms with Gasteiger partial charge in [0.05, 0.1) is 6.04 Å². The van der Waals surface area contributed by atoms with Gasteiger partial charge in [0.15, 0.2) is 0 Å². The minimum absolute atomic E-state index is 0.0637. The first-order valence-corrected chi connectivity index (χ1v) is 5.10. The van der Waals surface area contributed by atoms with Crippen LogP contribution < -0.4 is 5.43 Å². The van der Waals surface area contributed by atoms with E-state index in [0.29, 0.717) is 5.56 Å². The van der Waals surface area contributed by atoms with Crippen LogP contribution in [0.2, 0.25) is 0 Å². The molecule has 0 saturated carbocycles. The van der Waals surface area contributed by atoms with Crippen molar-refractivity contribution in [2.24, 2.45) is 0 Å². The first-order valence-electron chi connectivity index (χ1n) is 5.10. The van der Waals surface area contributed by atoms with Crippen LogP contribution in [-0.2, 0) is 9.59 Å². The Labute approximate surface area is 96.8 Å². The number of nitrogens with zero attached hydrogens (tertiary/aromatic N) is 1. The SMILES string of the molecule is O=C(O)CN1NC(c2ccccc2F)CC1=O. The average molecular weight is 238 g/mol. The van der Waals surface area contributed by atoms with E-state index in [1.807, 2.05) is 0 Å². The van der Waals surface area contributed by atoms with E-state index in [0.717, 1.165) is 5.01 Å². The number of carboxylic acids is 1. The molecule has 1 unspecified atom stereocenters. The minimum Gasteiger partial charge on any atom is -0.480 e. The van der Waals surface area contributed by atoms with E-state index in [-0.39, 0.29) is 12.3 Å². The van der Waals surface area contributed by atoms with Crippen molar-refractivity contribution in [2.45, 2.75) is 12.5 Å². The molecular formula is C11H11FN2O3. The monoisotopic (exact) mass is 238 g/mol. The Hall–Kier alpha value is -1.95. The van der Waals surface area contributed by atoms with Crippen LogP contribution in [-0.4, -0.2) is 28.5 Å². The molecule has 1 saturated heterocycles. The van der Waals surface area contributed by atoms with Gasteiger partial charge in [0, 0.05) is 12.0 Å². The van der Waals surface area contributed by atoms with Crippen molar-refractivity contribution >= 4 is 11.9 Å². The molecule has 1 heterocycles. The van der Waals surface area contributed by atoms with Crippen LogP contribution >= 0.6 is 0 Å². The molecular weight excluding hydrogens is 227 g/mol. The van der Waals surface area contributed by atoms with Gasteiger partial charge < -0.3 is 5.11 Å². The van der Waals surface area contributed by atoms with E-state index in [4.69, 9.17) is 5.11 Å². The van der Waals surface area contributed by atoms with Crippen molar-refractivity contribution < 1.29 is 19.1 Å². The van der Waals surface area contributed by atoms with Crippen LogP contribution in [0.25, 0.3) is 0 Å². The second kappa shape index (κ2) is 4.50. The van der Waals surface area contributed by atoms with Gasteiger partial charge in [-0.25, -0.2) is 9.82 Å². The summed E-state index contributed by atoms with van der Waals surface area (Å²) in [7, 11) is 0. The zero-order valence-electron chi connectivity index (χ0n) is 8.89. The lowest BCUT2D eigenvalue weighted by Crippen LogP contribution is -2.39. The number of hydrazine groups is 1. The smallest absolute Gasteiger partial charge is 0.324 e. The number of amides is 1. The quantitative estimate of drug-likeness (QED) is 0.812. The van der Waals surface area contributed by atoms with Gasteiger partial charge in [-0.1, -0.05) is 18.2 Å². The standard InChI is InChI=1S/C11H11FN2O3/c12-8-4-2-1-3-7(8)9-5-10(15)14(13-9)6-11(16)17/h1-4,9,13H,5-6H2,(H,16,17). The number of carbonyl (C=O) groups excluding carboxylic acids is 1. The molecule has 1 aliphatic rings. The average Bonchev–Trinajstić information content (AvgIpc) is 2.60. The maximum Gasteiger partial charge on any atom is 0.324 e. The van der Waals surface area contributed by atoms with E-state index in [1.165, 1.54) is 6.07 Å². The summed E-state index contributed by atoms with van der Waals surface area (Å²) in [4.78, 5) is 22.0. The topological polar surface area (TPSA) is 69.6 Å². The van der Waals surface area contributed by atoms with Gasteiger partial charge in [-0.15, -0.1) is 0 Å². The summed E-state index contributed by atoms with van der Waals surface area (Å²) < 4.78 is 13.5. The molecule has 1 amide bonds. The fraction of sp³-hybridized carbons (Fsp3) is 0.273. The molecule has 1 fully saturated rings. The number of hydrogen-bond donors (Lipinski definition) is 2. The van der Waals surface area contributed by atoms with Gasteiger partial charge in [0.25, 0.3) is 0 Å². The fourth-order valence-corrected chi connectivity index (χ4v) is 1.80. The molecule has 5 nitrogen and oxygen atoms in total. The van der Waals surface area contributed by atoms with Gasteiger partial charge in [-0.3, -0.25) is 14.6 Å². The van der Waals surface area contributed by atoms with Crippen molar-refractivity contribution in [1.82, 2.24) is 10.4 Å². The van der Waals surface area contributed by atoms with Gasteiger partial charge in [-0.2, -0.15) is 0 Å². The number of rotatable bonds is 3. The third kappa shape index (κ3) is 2.42. The van der Waals surface area contributed by atoms with Gasteiger partial charge in [0.2, 0.25) is 5.91 Å². The highest BCUT2D eigenvalue weighted by Gasteiger charge is 2.32. The van der Waals surface area contributed by atoms with Crippen LogP contribution in [0.5, 0.6) is 0 Å². The van der Waals surface area contributed by atoms with Crippen LogP contribution in [0, 0.1) is 5.82 Å². The lowest BCUT2D eigenvalue weighted by molar-refractivity contribution is -0.144. The van der Waals surface area contributed by atoms with E-state index < -0.39 is 24.4 Å². The molecule has 2 rings (SSSR count). The van der Waals surface area contributed by atoms with E-state index in [1.54, 1.807) is 18.2 Å². The van der Waals surface area contributed by atoms with Crippen molar-refractivity contribution in [3.05, 3.63) is 35.6 Å². The summed E-state index contributed by atoms with van der Waals surface area (Å²) in [6.45, 7) is -0.427. The molecule has 0 bridgehead atoms. The molecule has 1 aromatic carbocycles. The van der Waals surface area contributed by atoms with E-state index in [9.17, 15) is 14.0 Å². The number of aliphatic carboxylic acids is 1. The van der Waals surface area contributed by atoms with Crippen LogP contribution in [0.4, 0.5) is 4.39 Å². The molecule has 0 aromatic heterocycles. The molecule has 6 heteroatoms. The van der Waals surface area contributed by atoms with Crippen LogP contribution in [0.1, 0.15) is 18.0 Å². The normalized spacial score (nSPS) is 19.7. The summed E-state index contributed by atoms with van der Waals surface area (Å²) >= 11 is 0. The van der Waals surface area contributed by atoms with E-state index in [2.05, 4.69) is 5.43 Å². The number of benzene rings is 1. The van der Waals surface area contributed by atoms with E-state index >= 15 is 0 Å². The molecule has 0 spiro atoms.